The molecule has 1 aliphatic heterocycles. The Hall–Kier alpha value is -3.15. The van der Waals surface area contributed by atoms with E-state index in [2.05, 4.69) is 5.32 Å². The number of fused-ring (bicyclic) bond motifs is 1. The number of hydrogen-bond donors (Lipinski definition) is 1. The van der Waals surface area contributed by atoms with Crippen molar-refractivity contribution in [3.8, 4) is 0 Å². The fourth-order valence-corrected chi connectivity index (χ4v) is 3.90. The largest absolute Gasteiger partial charge is 0.332 e. The van der Waals surface area contributed by atoms with E-state index in [1.54, 1.807) is 6.92 Å². The summed E-state index contributed by atoms with van der Waals surface area (Å²) in [7, 11) is 0. The molecule has 1 atom stereocenters. The van der Waals surface area contributed by atoms with Crippen LogP contribution in [0, 0.1) is 6.92 Å². The molecule has 0 bridgehead atoms. The Morgan fingerprint density at radius 2 is 1.79 bits per heavy atom. The zero-order chi connectivity index (χ0) is 19.8. The van der Waals surface area contributed by atoms with Crippen LogP contribution in [0.15, 0.2) is 42.5 Å². The Kier molecular flexibility index (Phi) is 4.63. The van der Waals surface area contributed by atoms with Crippen LogP contribution in [0.25, 0.3) is 0 Å². The number of carbonyl (C=O) groups excluding carboxylic acids is 3. The van der Waals surface area contributed by atoms with E-state index in [0.717, 1.165) is 29.7 Å². The van der Waals surface area contributed by atoms with Gasteiger partial charge in [0.15, 0.2) is 0 Å². The molecule has 2 aliphatic rings. The lowest BCUT2D eigenvalue weighted by Crippen LogP contribution is -2.39. The van der Waals surface area contributed by atoms with Crippen LogP contribution in [0.5, 0.6) is 0 Å². The van der Waals surface area contributed by atoms with Crippen molar-refractivity contribution >= 4 is 29.2 Å². The van der Waals surface area contributed by atoms with Crippen LogP contribution in [-0.2, 0) is 22.4 Å². The maximum absolute atomic E-state index is 12.8. The third-order valence-electron chi connectivity index (χ3n) is 5.44. The molecule has 2 aromatic rings. The number of urea groups is 1. The number of imide groups is 1. The summed E-state index contributed by atoms with van der Waals surface area (Å²) in [4.78, 5) is 40.3. The maximum atomic E-state index is 12.8. The fraction of sp³-hybridized carbons (Fsp3) is 0.318. The second-order valence-corrected chi connectivity index (χ2v) is 7.47. The van der Waals surface area contributed by atoms with Gasteiger partial charge in [0.05, 0.1) is 0 Å². The van der Waals surface area contributed by atoms with E-state index in [1.807, 2.05) is 49.4 Å². The van der Waals surface area contributed by atoms with Gasteiger partial charge in [-0.1, -0.05) is 23.8 Å². The molecule has 6 heteroatoms. The topological polar surface area (TPSA) is 69.7 Å². The summed E-state index contributed by atoms with van der Waals surface area (Å²) in [5.41, 5.74) is 5.00. The predicted molar refractivity (Wildman–Crippen MR) is 107 cm³/mol. The monoisotopic (exact) mass is 377 g/mol. The smallest absolute Gasteiger partial charge is 0.325 e. The minimum Gasteiger partial charge on any atom is -0.325 e. The molecule has 0 unspecified atom stereocenters. The number of anilines is 2. The number of nitrogens with one attached hydrogen (secondary N) is 1. The Bertz CT molecular complexity index is 952. The van der Waals surface area contributed by atoms with Gasteiger partial charge in [0.1, 0.15) is 12.6 Å². The fourth-order valence-electron chi connectivity index (χ4n) is 3.90. The molecule has 4 amide bonds. The average molecular weight is 377 g/mol. The Morgan fingerprint density at radius 3 is 2.54 bits per heavy atom. The number of amides is 4. The van der Waals surface area contributed by atoms with Crippen LogP contribution in [-0.4, -0.2) is 35.3 Å². The van der Waals surface area contributed by atoms with E-state index in [1.165, 1.54) is 16.0 Å². The van der Waals surface area contributed by atoms with Crippen molar-refractivity contribution in [2.45, 2.75) is 39.2 Å². The Balaban J connectivity index is 1.46. The summed E-state index contributed by atoms with van der Waals surface area (Å²) < 4.78 is 0. The summed E-state index contributed by atoms with van der Waals surface area (Å²) in [5.74, 6) is -0.743. The number of benzene rings is 2. The quantitative estimate of drug-likeness (QED) is 0.832. The molecule has 1 N–H and O–H groups in total. The van der Waals surface area contributed by atoms with Crippen LogP contribution in [0.3, 0.4) is 0 Å². The lowest BCUT2D eigenvalue weighted by molar-refractivity contribution is -0.130. The van der Waals surface area contributed by atoms with Gasteiger partial charge < -0.3 is 5.32 Å². The number of carbonyl (C=O) groups is 3. The lowest BCUT2D eigenvalue weighted by atomic mass is 10.1. The molecule has 4 rings (SSSR count). The molecule has 0 radical (unpaired) electrons. The van der Waals surface area contributed by atoms with Crippen molar-refractivity contribution in [2.24, 2.45) is 0 Å². The zero-order valence-corrected chi connectivity index (χ0v) is 16.1. The first kappa shape index (κ1) is 18.2. The van der Waals surface area contributed by atoms with Crippen molar-refractivity contribution < 1.29 is 14.4 Å². The highest BCUT2D eigenvalue weighted by molar-refractivity contribution is 6.16. The van der Waals surface area contributed by atoms with E-state index in [0.29, 0.717) is 11.4 Å². The van der Waals surface area contributed by atoms with Crippen LogP contribution in [0.1, 0.15) is 30.0 Å². The predicted octanol–water partition coefficient (Wildman–Crippen LogP) is 3.28. The van der Waals surface area contributed by atoms with E-state index in [4.69, 9.17) is 0 Å². The highest BCUT2D eigenvalue weighted by atomic mass is 16.2. The zero-order valence-electron chi connectivity index (χ0n) is 16.1. The molecule has 1 heterocycles. The third-order valence-corrected chi connectivity index (χ3v) is 5.44. The molecule has 0 aromatic heterocycles. The molecule has 28 heavy (non-hydrogen) atoms. The highest BCUT2D eigenvalue weighted by Gasteiger charge is 2.44. The standard InChI is InChI=1S/C22H23N3O3/c1-14-6-10-19(11-7-14)25-15(2)21(27)24(22(25)28)13-20(26)23-18-9-8-16-4-3-5-17(16)12-18/h6-12,15H,3-5,13H2,1-2H3,(H,23,26)/t15-/m1/s1. The minimum atomic E-state index is -0.636. The minimum absolute atomic E-state index is 0.290. The van der Waals surface area contributed by atoms with Crippen molar-refractivity contribution in [3.63, 3.8) is 0 Å². The summed E-state index contributed by atoms with van der Waals surface area (Å²) in [6, 6.07) is 12.2. The number of rotatable bonds is 4. The maximum Gasteiger partial charge on any atom is 0.332 e. The lowest BCUT2D eigenvalue weighted by Gasteiger charge is -2.19. The second-order valence-electron chi connectivity index (χ2n) is 7.47. The summed E-state index contributed by atoms with van der Waals surface area (Å²) in [6.07, 6.45) is 3.23. The van der Waals surface area contributed by atoms with Gasteiger partial charge in [-0.3, -0.25) is 19.4 Å². The average Bonchev–Trinajstić information content (AvgIpc) is 3.21. The molecule has 0 saturated carbocycles. The number of aryl methyl sites for hydroxylation is 3. The van der Waals surface area contributed by atoms with E-state index < -0.39 is 12.1 Å². The van der Waals surface area contributed by atoms with Crippen LogP contribution in [0.2, 0.25) is 0 Å². The van der Waals surface area contributed by atoms with Crippen molar-refractivity contribution in [3.05, 3.63) is 59.2 Å². The van der Waals surface area contributed by atoms with Crippen molar-refractivity contribution in [1.29, 1.82) is 0 Å². The normalized spacial score (nSPS) is 18.6. The molecule has 1 saturated heterocycles. The third kappa shape index (κ3) is 3.26. The molecule has 1 fully saturated rings. The summed E-state index contributed by atoms with van der Waals surface area (Å²) >= 11 is 0. The van der Waals surface area contributed by atoms with Crippen LogP contribution < -0.4 is 10.2 Å². The molecule has 2 aromatic carbocycles. The van der Waals surface area contributed by atoms with Crippen LogP contribution >= 0.6 is 0 Å². The van der Waals surface area contributed by atoms with Crippen molar-refractivity contribution in [2.75, 3.05) is 16.8 Å². The van der Waals surface area contributed by atoms with Crippen LogP contribution in [0.4, 0.5) is 16.2 Å². The Labute approximate surface area is 164 Å². The van der Waals surface area contributed by atoms with Gasteiger partial charge in [0, 0.05) is 11.4 Å². The van der Waals surface area contributed by atoms with E-state index in [-0.39, 0.29) is 18.4 Å². The molecule has 0 spiro atoms. The van der Waals surface area contributed by atoms with Gasteiger partial charge in [-0.15, -0.1) is 0 Å². The summed E-state index contributed by atoms with van der Waals surface area (Å²) in [5, 5.41) is 2.81. The number of hydrogen-bond acceptors (Lipinski definition) is 3. The van der Waals surface area contributed by atoms with Gasteiger partial charge in [-0.2, -0.15) is 0 Å². The van der Waals surface area contributed by atoms with E-state index in [9.17, 15) is 14.4 Å². The number of nitrogens with zero attached hydrogens (tertiary/aromatic N) is 2. The van der Waals surface area contributed by atoms with Gasteiger partial charge in [-0.05, 0) is 68.5 Å². The molecular formula is C22H23N3O3. The first-order chi connectivity index (χ1) is 13.4. The summed E-state index contributed by atoms with van der Waals surface area (Å²) in [6.45, 7) is 3.35. The molecular weight excluding hydrogens is 354 g/mol. The molecule has 144 valence electrons. The second kappa shape index (κ2) is 7.11. The SMILES string of the molecule is Cc1ccc(N2C(=O)N(CC(=O)Nc3ccc4c(c3)CCC4)C(=O)[C@H]2C)cc1. The molecule has 6 nitrogen and oxygen atoms in total. The van der Waals surface area contributed by atoms with Gasteiger partial charge in [0.2, 0.25) is 5.91 Å². The first-order valence-electron chi connectivity index (χ1n) is 9.57. The van der Waals surface area contributed by atoms with Gasteiger partial charge >= 0.3 is 6.03 Å². The highest BCUT2D eigenvalue weighted by Crippen LogP contribution is 2.27. The van der Waals surface area contributed by atoms with E-state index >= 15 is 0 Å². The molecule has 1 aliphatic carbocycles. The Morgan fingerprint density at radius 1 is 1.07 bits per heavy atom. The van der Waals surface area contributed by atoms with Gasteiger partial charge in [0.25, 0.3) is 5.91 Å². The van der Waals surface area contributed by atoms with Gasteiger partial charge in [-0.25, -0.2) is 4.79 Å². The van der Waals surface area contributed by atoms with Crippen molar-refractivity contribution in [1.82, 2.24) is 4.90 Å². The first-order valence-corrected chi connectivity index (χ1v) is 9.57.